The molecule has 1 aromatic heterocycles. The fourth-order valence-electron chi connectivity index (χ4n) is 1.25. The number of carbonyl (C=O) groups is 1. The second-order valence-corrected chi connectivity index (χ2v) is 4.28. The molecule has 0 aromatic carbocycles. The fourth-order valence-corrected chi connectivity index (χ4v) is 1.25. The largest absolute Gasteiger partial charge is 0.461 e. The van der Waals surface area contributed by atoms with Crippen molar-refractivity contribution in [3.8, 4) is 6.01 Å². The van der Waals surface area contributed by atoms with Crippen molar-refractivity contribution < 1.29 is 9.53 Å². The molecular weight excluding hydrogens is 262 g/mol. The van der Waals surface area contributed by atoms with Crippen LogP contribution >= 0.6 is 0 Å². The van der Waals surface area contributed by atoms with Crippen LogP contribution in [0.15, 0.2) is 0 Å². The standard InChI is InChI=1S/C11H21N7O2/c1-4-5-13-8(19)6-14-9-15-10(18-12)17-11(16-9)20-7(2)3/h7H,4-6,12H2,1-3H3,(H,13,19)(H2,14,15,16,17,18). The van der Waals surface area contributed by atoms with E-state index in [1.807, 2.05) is 20.8 Å². The van der Waals surface area contributed by atoms with E-state index in [0.717, 1.165) is 6.42 Å². The molecule has 20 heavy (non-hydrogen) atoms. The van der Waals surface area contributed by atoms with E-state index in [9.17, 15) is 4.79 Å². The maximum atomic E-state index is 11.5. The molecule has 0 aliphatic carbocycles. The Labute approximate surface area is 117 Å². The molecule has 0 spiro atoms. The van der Waals surface area contributed by atoms with E-state index in [-0.39, 0.29) is 36.5 Å². The highest BCUT2D eigenvalue weighted by molar-refractivity contribution is 5.80. The van der Waals surface area contributed by atoms with Crippen LogP contribution in [-0.4, -0.2) is 40.1 Å². The Morgan fingerprint density at radius 3 is 2.60 bits per heavy atom. The maximum Gasteiger partial charge on any atom is 0.323 e. The first kappa shape index (κ1) is 15.9. The van der Waals surface area contributed by atoms with Gasteiger partial charge in [0.05, 0.1) is 12.6 Å². The first-order chi connectivity index (χ1) is 9.55. The fraction of sp³-hybridized carbons (Fsp3) is 0.636. The second-order valence-electron chi connectivity index (χ2n) is 4.28. The van der Waals surface area contributed by atoms with Crippen LogP contribution in [0.3, 0.4) is 0 Å². The van der Waals surface area contributed by atoms with E-state index in [2.05, 4.69) is 31.0 Å². The predicted octanol–water partition coefficient (Wildman–Crippen LogP) is -0.117. The molecule has 0 unspecified atom stereocenters. The van der Waals surface area contributed by atoms with Crippen LogP contribution in [0.4, 0.5) is 11.9 Å². The number of carbonyl (C=O) groups excluding carboxylic acids is 1. The number of hydrogen-bond donors (Lipinski definition) is 4. The van der Waals surface area contributed by atoms with Crippen LogP contribution in [0.2, 0.25) is 0 Å². The molecule has 9 nitrogen and oxygen atoms in total. The van der Waals surface area contributed by atoms with Gasteiger partial charge in [-0.25, -0.2) is 5.84 Å². The molecule has 5 N–H and O–H groups in total. The van der Waals surface area contributed by atoms with Crippen molar-refractivity contribution in [2.75, 3.05) is 23.8 Å². The monoisotopic (exact) mass is 283 g/mol. The summed E-state index contributed by atoms with van der Waals surface area (Å²) in [4.78, 5) is 23.4. The lowest BCUT2D eigenvalue weighted by atomic mass is 10.4. The molecule has 1 aromatic rings. The molecule has 9 heteroatoms. The molecule has 0 saturated carbocycles. The number of ether oxygens (including phenoxy) is 1. The van der Waals surface area contributed by atoms with Gasteiger partial charge in [0.1, 0.15) is 0 Å². The van der Waals surface area contributed by atoms with Crippen molar-refractivity contribution in [3.05, 3.63) is 0 Å². The Hall–Kier alpha value is -2.16. The summed E-state index contributed by atoms with van der Waals surface area (Å²) in [5, 5.41) is 5.53. The maximum absolute atomic E-state index is 11.5. The summed E-state index contributed by atoms with van der Waals surface area (Å²) in [6, 6.07) is 0.138. The molecule has 0 atom stereocenters. The third-order valence-electron chi connectivity index (χ3n) is 2.06. The van der Waals surface area contributed by atoms with Crippen molar-refractivity contribution in [1.82, 2.24) is 20.3 Å². The zero-order valence-electron chi connectivity index (χ0n) is 11.9. The van der Waals surface area contributed by atoms with Crippen LogP contribution in [0.5, 0.6) is 6.01 Å². The predicted molar refractivity (Wildman–Crippen MR) is 75.2 cm³/mol. The van der Waals surface area contributed by atoms with Crippen molar-refractivity contribution in [1.29, 1.82) is 0 Å². The van der Waals surface area contributed by atoms with Crippen LogP contribution in [0, 0.1) is 0 Å². The van der Waals surface area contributed by atoms with Crippen LogP contribution in [0.25, 0.3) is 0 Å². The van der Waals surface area contributed by atoms with Gasteiger partial charge in [0.15, 0.2) is 0 Å². The van der Waals surface area contributed by atoms with E-state index in [1.165, 1.54) is 0 Å². The summed E-state index contributed by atoms with van der Waals surface area (Å²) < 4.78 is 5.37. The van der Waals surface area contributed by atoms with Gasteiger partial charge in [0.25, 0.3) is 0 Å². The van der Waals surface area contributed by atoms with Crippen molar-refractivity contribution in [2.24, 2.45) is 5.84 Å². The average Bonchev–Trinajstić information content (AvgIpc) is 2.41. The van der Waals surface area contributed by atoms with Crippen LogP contribution < -0.4 is 26.6 Å². The summed E-state index contributed by atoms with van der Waals surface area (Å²) in [7, 11) is 0. The number of hydrogen-bond acceptors (Lipinski definition) is 8. The molecule has 0 aliphatic heterocycles. The van der Waals surface area contributed by atoms with Gasteiger partial charge in [-0.1, -0.05) is 6.92 Å². The zero-order valence-corrected chi connectivity index (χ0v) is 11.9. The average molecular weight is 283 g/mol. The van der Waals surface area contributed by atoms with Gasteiger partial charge in [-0.2, -0.15) is 15.0 Å². The highest BCUT2D eigenvalue weighted by Gasteiger charge is 2.09. The number of nitrogen functional groups attached to an aromatic ring is 1. The molecule has 1 heterocycles. The lowest BCUT2D eigenvalue weighted by Crippen LogP contribution is -2.31. The summed E-state index contributed by atoms with van der Waals surface area (Å²) in [6.07, 6.45) is 0.800. The van der Waals surface area contributed by atoms with Crippen molar-refractivity contribution >= 4 is 17.8 Å². The van der Waals surface area contributed by atoms with Gasteiger partial charge in [-0.05, 0) is 20.3 Å². The van der Waals surface area contributed by atoms with Gasteiger partial charge in [-0.15, -0.1) is 0 Å². The van der Waals surface area contributed by atoms with Gasteiger partial charge in [0.2, 0.25) is 17.8 Å². The highest BCUT2D eigenvalue weighted by Crippen LogP contribution is 2.11. The normalized spacial score (nSPS) is 10.2. The molecule has 1 rings (SSSR count). The zero-order chi connectivity index (χ0) is 15.0. The Kier molecular flexibility index (Phi) is 6.44. The van der Waals surface area contributed by atoms with Gasteiger partial charge in [-0.3, -0.25) is 10.2 Å². The SMILES string of the molecule is CCCNC(=O)CNc1nc(NN)nc(OC(C)C)n1. The first-order valence-corrected chi connectivity index (χ1v) is 6.45. The molecule has 112 valence electrons. The van der Waals surface area contributed by atoms with Gasteiger partial charge >= 0.3 is 6.01 Å². The van der Waals surface area contributed by atoms with E-state index < -0.39 is 0 Å². The lowest BCUT2D eigenvalue weighted by molar-refractivity contribution is -0.119. The van der Waals surface area contributed by atoms with Crippen LogP contribution in [-0.2, 0) is 4.79 Å². The first-order valence-electron chi connectivity index (χ1n) is 6.45. The van der Waals surface area contributed by atoms with E-state index >= 15 is 0 Å². The Morgan fingerprint density at radius 1 is 1.30 bits per heavy atom. The number of hydrazine groups is 1. The van der Waals surface area contributed by atoms with E-state index in [0.29, 0.717) is 6.54 Å². The summed E-state index contributed by atoms with van der Waals surface area (Å²) in [5.74, 6) is 5.51. The minimum atomic E-state index is -0.138. The lowest BCUT2D eigenvalue weighted by Gasteiger charge is -2.11. The third-order valence-corrected chi connectivity index (χ3v) is 2.06. The molecular formula is C11H21N7O2. The Bertz CT molecular complexity index is 439. The number of nitrogens with two attached hydrogens (primary N) is 1. The Balaban J connectivity index is 2.66. The van der Waals surface area contributed by atoms with E-state index in [4.69, 9.17) is 10.6 Å². The Morgan fingerprint density at radius 2 is 2.00 bits per heavy atom. The molecule has 0 fully saturated rings. The van der Waals surface area contributed by atoms with Gasteiger partial charge in [0, 0.05) is 6.54 Å². The molecule has 0 saturated heterocycles. The third kappa shape index (κ3) is 5.65. The number of nitrogens with one attached hydrogen (secondary N) is 3. The molecule has 0 aliphatic rings. The number of anilines is 2. The number of nitrogens with zero attached hydrogens (tertiary/aromatic N) is 3. The molecule has 1 amide bonds. The topological polar surface area (TPSA) is 127 Å². The van der Waals surface area contributed by atoms with Crippen molar-refractivity contribution in [3.63, 3.8) is 0 Å². The second kappa shape index (κ2) is 8.10. The molecule has 0 bridgehead atoms. The summed E-state index contributed by atoms with van der Waals surface area (Å²) in [5.41, 5.74) is 2.32. The minimum Gasteiger partial charge on any atom is -0.461 e. The van der Waals surface area contributed by atoms with Crippen LogP contribution in [0.1, 0.15) is 27.2 Å². The minimum absolute atomic E-state index is 0.0646. The van der Waals surface area contributed by atoms with Gasteiger partial charge < -0.3 is 15.4 Å². The number of amides is 1. The van der Waals surface area contributed by atoms with Crippen molar-refractivity contribution in [2.45, 2.75) is 33.3 Å². The quantitative estimate of drug-likeness (QED) is 0.384. The molecule has 0 radical (unpaired) electrons. The highest BCUT2D eigenvalue weighted by atomic mass is 16.5. The summed E-state index contributed by atoms with van der Waals surface area (Å²) >= 11 is 0. The number of rotatable bonds is 8. The summed E-state index contributed by atoms with van der Waals surface area (Å²) in [6.45, 7) is 6.38. The van der Waals surface area contributed by atoms with E-state index in [1.54, 1.807) is 0 Å². The number of aromatic nitrogens is 3. The smallest absolute Gasteiger partial charge is 0.323 e.